The Morgan fingerprint density at radius 1 is 1.17 bits per heavy atom. The second-order valence-corrected chi connectivity index (χ2v) is 7.81. The average Bonchev–Trinajstić information content (AvgIpc) is 3.24. The van der Waals surface area contributed by atoms with Crippen molar-refractivity contribution < 1.29 is 17.7 Å². The number of carbonyl (C=O) groups is 1. The van der Waals surface area contributed by atoms with Gasteiger partial charge in [-0.2, -0.15) is 0 Å². The molecule has 0 saturated carbocycles. The van der Waals surface area contributed by atoms with Crippen molar-refractivity contribution in [1.82, 2.24) is 14.9 Å². The zero-order chi connectivity index (χ0) is 20.4. The second kappa shape index (κ2) is 7.36. The maximum Gasteiger partial charge on any atom is 0.439 e. The van der Waals surface area contributed by atoms with E-state index in [1.165, 1.54) is 6.07 Å². The summed E-state index contributed by atoms with van der Waals surface area (Å²) in [6.45, 7) is 0.105. The molecule has 2 aromatic carbocycles. The summed E-state index contributed by atoms with van der Waals surface area (Å²) in [6, 6.07) is 13.2. The summed E-state index contributed by atoms with van der Waals surface area (Å²) in [7, 11) is -3.60. The highest BCUT2D eigenvalue weighted by atomic mass is 32.2. The van der Waals surface area contributed by atoms with Gasteiger partial charge < -0.3 is 5.32 Å². The molecule has 3 N–H and O–H groups in total. The summed E-state index contributed by atoms with van der Waals surface area (Å²) in [4.78, 5) is 30.1. The van der Waals surface area contributed by atoms with Gasteiger partial charge in [-0.3, -0.25) is 24.0 Å². The summed E-state index contributed by atoms with van der Waals surface area (Å²) in [5.41, 5.74) is 1.57. The van der Waals surface area contributed by atoms with Crippen molar-refractivity contribution in [3.05, 3.63) is 64.6 Å². The summed E-state index contributed by atoms with van der Waals surface area (Å²) in [5.74, 6) is -0.484. The minimum absolute atomic E-state index is 0.0540. The quantitative estimate of drug-likeness (QED) is 0.571. The highest BCUT2D eigenvalue weighted by Gasteiger charge is 2.29. The van der Waals surface area contributed by atoms with E-state index in [1.807, 2.05) is 0 Å². The molecule has 10 nitrogen and oxygen atoms in total. The number of amides is 1. The molecule has 0 atom stereocenters. The number of aromatic amines is 1. The van der Waals surface area contributed by atoms with Crippen LogP contribution < -0.4 is 15.8 Å². The molecule has 29 heavy (non-hydrogen) atoms. The molecule has 0 fully saturated rings. The first-order chi connectivity index (χ1) is 13.9. The molecule has 0 radical (unpaired) electrons. The molecule has 4 rings (SSSR count). The molecule has 3 aromatic rings. The van der Waals surface area contributed by atoms with Gasteiger partial charge in [-0.1, -0.05) is 29.4 Å². The molecule has 0 unspecified atom stereocenters. The minimum Gasteiger partial charge on any atom is -0.326 e. The van der Waals surface area contributed by atoms with E-state index < -0.39 is 15.8 Å². The standard InChI is InChI=1S/C18H15N5O5S/c24-15(20-12-5-3-4-11(10-12)16-21-18(25)28-22-16)8-9-19-17-13-6-1-2-7-14(13)29(26,27)23-17/h1-7,10H,8-9H2,(H,19,23)(H,20,24)(H,21,22,25). The lowest BCUT2D eigenvalue weighted by atomic mass is 10.2. The summed E-state index contributed by atoms with van der Waals surface area (Å²) < 4.78 is 31.0. The summed E-state index contributed by atoms with van der Waals surface area (Å²) >= 11 is 0. The fourth-order valence-electron chi connectivity index (χ4n) is 2.84. The van der Waals surface area contributed by atoms with Gasteiger partial charge >= 0.3 is 5.76 Å². The predicted octanol–water partition coefficient (Wildman–Crippen LogP) is 1.10. The van der Waals surface area contributed by atoms with Crippen LogP contribution in [0.5, 0.6) is 0 Å². The molecule has 1 aliphatic rings. The van der Waals surface area contributed by atoms with E-state index in [-0.39, 0.29) is 35.4 Å². The number of benzene rings is 2. The number of aromatic nitrogens is 2. The van der Waals surface area contributed by atoms with Crippen molar-refractivity contribution in [2.75, 3.05) is 11.9 Å². The number of fused-ring (bicyclic) bond motifs is 1. The molecular weight excluding hydrogens is 398 g/mol. The fraction of sp³-hybridized carbons (Fsp3) is 0.111. The molecule has 0 bridgehead atoms. The Balaban J connectivity index is 1.40. The van der Waals surface area contributed by atoms with Gasteiger partial charge in [0.05, 0.1) is 11.4 Å². The molecular formula is C18H15N5O5S. The van der Waals surface area contributed by atoms with Crippen LogP contribution in [0.1, 0.15) is 12.0 Å². The highest BCUT2D eigenvalue weighted by Crippen LogP contribution is 2.22. The highest BCUT2D eigenvalue weighted by molar-refractivity contribution is 7.90. The average molecular weight is 413 g/mol. The SMILES string of the molecule is O=C(CCN=C1NS(=O)(=O)c2ccccc21)Nc1cccc(-c2noc(=O)[nH]2)c1. The van der Waals surface area contributed by atoms with E-state index in [0.29, 0.717) is 16.8 Å². The van der Waals surface area contributed by atoms with Crippen LogP contribution in [0.2, 0.25) is 0 Å². The Kier molecular flexibility index (Phi) is 4.72. The van der Waals surface area contributed by atoms with Gasteiger partial charge in [-0.25, -0.2) is 13.2 Å². The first-order valence-electron chi connectivity index (χ1n) is 8.55. The molecule has 0 spiro atoms. The minimum atomic E-state index is -3.60. The van der Waals surface area contributed by atoms with Crippen molar-refractivity contribution in [2.24, 2.45) is 4.99 Å². The van der Waals surface area contributed by atoms with Crippen LogP contribution in [0.3, 0.4) is 0 Å². The maximum atomic E-state index is 12.2. The molecule has 1 amide bonds. The van der Waals surface area contributed by atoms with Crippen LogP contribution >= 0.6 is 0 Å². The lowest BCUT2D eigenvalue weighted by Gasteiger charge is -2.05. The van der Waals surface area contributed by atoms with Gasteiger partial charge in [-0.15, -0.1) is 0 Å². The lowest BCUT2D eigenvalue weighted by Crippen LogP contribution is -2.23. The number of anilines is 1. The van der Waals surface area contributed by atoms with Gasteiger partial charge in [0.15, 0.2) is 5.82 Å². The van der Waals surface area contributed by atoms with E-state index in [0.717, 1.165) is 0 Å². The number of H-pyrrole nitrogens is 1. The van der Waals surface area contributed by atoms with Crippen molar-refractivity contribution >= 4 is 27.5 Å². The van der Waals surface area contributed by atoms with Gasteiger partial charge in [0.1, 0.15) is 5.84 Å². The van der Waals surface area contributed by atoms with Crippen LogP contribution in [0.4, 0.5) is 5.69 Å². The zero-order valence-electron chi connectivity index (χ0n) is 14.9. The number of amidine groups is 1. The smallest absolute Gasteiger partial charge is 0.326 e. The van der Waals surface area contributed by atoms with Gasteiger partial charge in [-0.05, 0) is 24.3 Å². The number of carbonyl (C=O) groups excluding carboxylic acids is 1. The Labute approximate surface area is 164 Å². The normalized spacial score (nSPS) is 15.7. The monoisotopic (exact) mass is 413 g/mol. The molecule has 0 aliphatic carbocycles. The summed E-state index contributed by atoms with van der Waals surface area (Å²) in [5, 5.41) is 6.32. The number of nitrogens with one attached hydrogen (secondary N) is 3. The number of hydrogen-bond acceptors (Lipinski definition) is 7. The first-order valence-corrected chi connectivity index (χ1v) is 10.0. The van der Waals surface area contributed by atoms with Crippen LogP contribution in [-0.4, -0.2) is 36.8 Å². The molecule has 148 valence electrons. The Bertz CT molecular complexity index is 1280. The van der Waals surface area contributed by atoms with Crippen molar-refractivity contribution in [3.8, 4) is 11.4 Å². The molecule has 2 heterocycles. The molecule has 0 saturated heterocycles. The van der Waals surface area contributed by atoms with E-state index in [4.69, 9.17) is 0 Å². The van der Waals surface area contributed by atoms with Gasteiger partial charge in [0.2, 0.25) is 5.91 Å². The maximum absolute atomic E-state index is 12.2. The third kappa shape index (κ3) is 3.94. The fourth-order valence-corrected chi connectivity index (χ4v) is 4.09. The molecule has 11 heteroatoms. The number of rotatable bonds is 5. The Morgan fingerprint density at radius 2 is 2.00 bits per heavy atom. The van der Waals surface area contributed by atoms with E-state index >= 15 is 0 Å². The van der Waals surface area contributed by atoms with Crippen LogP contribution in [0, 0.1) is 0 Å². The van der Waals surface area contributed by atoms with Crippen LogP contribution in [-0.2, 0) is 14.8 Å². The number of sulfonamides is 1. The third-order valence-corrected chi connectivity index (χ3v) is 5.53. The van der Waals surface area contributed by atoms with Crippen molar-refractivity contribution in [2.45, 2.75) is 11.3 Å². The number of aliphatic imine (C=N–C) groups is 1. The third-order valence-electron chi connectivity index (χ3n) is 4.13. The zero-order valence-corrected chi connectivity index (χ0v) is 15.7. The number of hydrogen-bond donors (Lipinski definition) is 3. The predicted molar refractivity (Wildman–Crippen MR) is 104 cm³/mol. The Morgan fingerprint density at radius 3 is 2.79 bits per heavy atom. The van der Waals surface area contributed by atoms with Crippen LogP contribution in [0.15, 0.2) is 67.7 Å². The lowest BCUT2D eigenvalue weighted by molar-refractivity contribution is -0.116. The number of nitrogens with zero attached hydrogens (tertiary/aromatic N) is 2. The Hall–Kier alpha value is -3.73. The largest absolute Gasteiger partial charge is 0.439 e. The van der Waals surface area contributed by atoms with Gasteiger partial charge in [0, 0.05) is 23.2 Å². The van der Waals surface area contributed by atoms with E-state index in [9.17, 15) is 18.0 Å². The van der Waals surface area contributed by atoms with E-state index in [2.05, 4.69) is 29.7 Å². The molecule has 1 aliphatic heterocycles. The van der Waals surface area contributed by atoms with E-state index in [1.54, 1.807) is 42.5 Å². The van der Waals surface area contributed by atoms with Crippen molar-refractivity contribution in [3.63, 3.8) is 0 Å². The van der Waals surface area contributed by atoms with Gasteiger partial charge in [0.25, 0.3) is 10.0 Å². The molecule has 1 aromatic heterocycles. The summed E-state index contributed by atoms with van der Waals surface area (Å²) in [6.07, 6.45) is 0.0540. The first kappa shape index (κ1) is 18.6. The second-order valence-electron chi connectivity index (χ2n) is 6.15. The topological polar surface area (TPSA) is 147 Å². The van der Waals surface area contributed by atoms with Crippen molar-refractivity contribution in [1.29, 1.82) is 0 Å². The van der Waals surface area contributed by atoms with Crippen LogP contribution in [0.25, 0.3) is 11.4 Å².